The van der Waals surface area contributed by atoms with Crippen LogP contribution in [0.2, 0.25) is 0 Å². The highest BCUT2D eigenvalue weighted by atomic mass is 32.2. The van der Waals surface area contributed by atoms with E-state index in [1.165, 1.54) is 7.05 Å². The lowest BCUT2D eigenvalue weighted by molar-refractivity contribution is 0.0697. The number of hydrogen-bond acceptors (Lipinski definition) is 4. The van der Waals surface area contributed by atoms with Gasteiger partial charge in [0.05, 0.1) is 21.5 Å². The van der Waals surface area contributed by atoms with Crippen LogP contribution >= 0.6 is 0 Å². The molecule has 4 rings (SSSR count). The first kappa shape index (κ1) is 23.7. The van der Waals surface area contributed by atoms with E-state index in [4.69, 9.17) is 4.98 Å². The Morgan fingerprint density at radius 1 is 1.06 bits per heavy atom. The molecule has 0 bridgehead atoms. The molecule has 0 spiro atoms. The Bertz CT molecular complexity index is 1440. The average Bonchev–Trinajstić information content (AvgIpc) is 3.19. The van der Waals surface area contributed by atoms with Crippen molar-refractivity contribution in [2.45, 2.75) is 37.6 Å². The second-order valence-corrected chi connectivity index (χ2v) is 10.0. The van der Waals surface area contributed by atoms with E-state index in [0.717, 1.165) is 41.7 Å². The molecule has 0 aliphatic carbocycles. The summed E-state index contributed by atoms with van der Waals surface area (Å²) < 4.78 is 28.9. The van der Waals surface area contributed by atoms with Gasteiger partial charge < -0.3 is 9.67 Å². The molecule has 0 unspecified atom stereocenters. The second kappa shape index (κ2) is 9.79. The Balaban J connectivity index is 1.70. The van der Waals surface area contributed by atoms with Gasteiger partial charge in [-0.25, -0.2) is 22.9 Å². The van der Waals surface area contributed by atoms with Crippen molar-refractivity contribution in [3.05, 3.63) is 83.7 Å². The highest BCUT2D eigenvalue weighted by molar-refractivity contribution is 7.89. The van der Waals surface area contributed by atoms with Crippen molar-refractivity contribution in [2.24, 2.45) is 0 Å². The Morgan fingerprint density at radius 3 is 2.47 bits per heavy atom. The van der Waals surface area contributed by atoms with Crippen LogP contribution in [0.15, 0.2) is 71.6 Å². The van der Waals surface area contributed by atoms with Crippen LogP contribution in [0.25, 0.3) is 22.2 Å². The zero-order valence-corrected chi connectivity index (χ0v) is 20.0. The molecule has 0 fully saturated rings. The van der Waals surface area contributed by atoms with Crippen molar-refractivity contribution in [1.82, 2.24) is 14.3 Å². The van der Waals surface area contributed by atoms with E-state index in [9.17, 15) is 18.3 Å². The maximum absolute atomic E-state index is 12.2. The minimum absolute atomic E-state index is 0.190. The third kappa shape index (κ3) is 4.73. The summed E-state index contributed by atoms with van der Waals surface area (Å²) in [7, 11) is -2.16. The first-order chi connectivity index (χ1) is 16.3. The molecule has 0 aliphatic rings. The molecule has 0 amide bonds. The van der Waals surface area contributed by atoms with Gasteiger partial charge in [0.2, 0.25) is 10.0 Å². The number of aryl methyl sites for hydroxylation is 1. The van der Waals surface area contributed by atoms with Crippen molar-refractivity contribution in [1.29, 1.82) is 0 Å². The van der Waals surface area contributed by atoms with Gasteiger partial charge in [0.1, 0.15) is 5.82 Å². The lowest BCUT2D eigenvalue weighted by Crippen LogP contribution is -2.18. The van der Waals surface area contributed by atoms with Crippen LogP contribution in [0.4, 0.5) is 0 Å². The first-order valence-electron chi connectivity index (χ1n) is 11.2. The van der Waals surface area contributed by atoms with Crippen LogP contribution in [0.3, 0.4) is 0 Å². The van der Waals surface area contributed by atoms with E-state index in [0.29, 0.717) is 17.6 Å². The fourth-order valence-electron chi connectivity index (χ4n) is 4.04. The largest absolute Gasteiger partial charge is 0.478 e. The second-order valence-electron chi connectivity index (χ2n) is 8.12. The van der Waals surface area contributed by atoms with Crippen LogP contribution in [0.1, 0.15) is 41.5 Å². The monoisotopic (exact) mass is 477 g/mol. The van der Waals surface area contributed by atoms with Gasteiger partial charge >= 0.3 is 5.97 Å². The summed E-state index contributed by atoms with van der Waals surface area (Å²) >= 11 is 0. The molecule has 8 heteroatoms. The minimum atomic E-state index is -3.55. The van der Waals surface area contributed by atoms with Crippen molar-refractivity contribution < 1.29 is 18.3 Å². The number of imidazole rings is 1. The zero-order valence-electron chi connectivity index (χ0n) is 19.2. The van der Waals surface area contributed by atoms with Crippen molar-refractivity contribution >= 4 is 27.0 Å². The van der Waals surface area contributed by atoms with Gasteiger partial charge in [-0.05, 0) is 54.4 Å². The summed E-state index contributed by atoms with van der Waals surface area (Å²) in [6.45, 7) is 2.70. The number of hydrogen-bond donors (Lipinski definition) is 2. The molecular formula is C26H27N3O4S. The number of nitrogens with zero attached hydrogens (tertiary/aromatic N) is 2. The molecule has 34 heavy (non-hydrogen) atoms. The van der Waals surface area contributed by atoms with E-state index in [1.54, 1.807) is 30.3 Å². The number of carboxylic acid groups (broad SMARTS) is 1. The number of carboxylic acids is 1. The normalized spacial score (nSPS) is 11.7. The maximum atomic E-state index is 12.2. The number of nitrogens with one attached hydrogen (secondary N) is 1. The average molecular weight is 478 g/mol. The van der Waals surface area contributed by atoms with Crippen molar-refractivity contribution in [3.8, 4) is 11.1 Å². The number of unbranched alkanes of at least 4 members (excludes halogenated alkanes) is 1. The van der Waals surface area contributed by atoms with Crippen molar-refractivity contribution in [2.75, 3.05) is 7.05 Å². The number of aromatic nitrogens is 2. The third-order valence-corrected chi connectivity index (χ3v) is 7.31. The lowest BCUT2D eigenvalue weighted by Gasteiger charge is -2.11. The molecule has 4 aromatic rings. The van der Waals surface area contributed by atoms with E-state index in [1.807, 2.05) is 36.4 Å². The molecule has 2 N–H and O–H groups in total. The lowest BCUT2D eigenvalue weighted by atomic mass is 9.99. The number of fused-ring (bicyclic) bond motifs is 1. The quantitative estimate of drug-likeness (QED) is 0.364. The van der Waals surface area contributed by atoms with Gasteiger partial charge in [-0.3, -0.25) is 0 Å². The molecule has 1 heterocycles. The first-order valence-corrected chi connectivity index (χ1v) is 12.7. The SMILES string of the molecule is CCCCc1nc2cc(S(=O)(=O)NC)ccc2n1Cc1ccc(-c2ccccc2C(=O)O)cc1. The van der Waals surface area contributed by atoms with Crippen molar-refractivity contribution in [3.63, 3.8) is 0 Å². The number of sulfonamides is 1. The Hall–Kier alpha value is -3.49. The maximum Gasteiger partial charge on any atom is 0.336 e. The predicted molar refractivity (Wildman–Crippen MR) is 133 cm³/mol. The molecule has 7 nitrogen and oxygen atoms in total. The minimum Gasteiger partial charge on any atom is -0.478 e. The Labute approximate surface area is 199 Å². The molecule has 176 valence electrons. The summed E-state index contributed by atoms with van der Waals surface area (Å²) in [6, 6.07) is 19.8. The summed E-state index contributed by atoms with van der Waals surface area (Å²) in [5, 5.41) is 9.49. The molecule has 0 atom stereocenters. The van der Waals surface area contributed by atoms with Gasteiger partial charge in [-0.2, -0.15) is 0 Å². The molecule has 0 radical (unpaired) electrons. The molecule has 0 saturated carbocycles. The van der Waals surface area contributed by atoms with Gasteiger partial charge in [-0.1, -0.05) is 55.8 Å². The predicted octanol–water partition coefficient (Wildman–Crippen LogP) is 4.70. The Kier molecular flexibility index (Phi) is 6.81. The number of benzene rings is 3. The van der Waals surface area contributed by atoms with Crippen LogP contribution in [0.5, 0.6) is 0 Å². The summed E-state index contributed by atoms with van der Waals surface area (Å²) in [4.78, 5) is 16.5. The standard InChI is InChI=1S/C26H27N3O4S/c1-3-4-9-25-28-23-16-20(34(32,33)27-2)14-15-24(23)29(25)17-18-10-12-19(13-11-18)21-7-5-6-8-22(21)26(30)31/h5-8,10-16,27H,3-4,9,17H2,1-2H3,(H,30,31). The topological polar surface area (TPSA) is 101 Å². The van der Waals surface area contributed by atoms with Gasteiger partial charge in [-0.15, -0.1) is 0 Å². The summed E-state index contributed by atoms with van der Waals surface area (Å²) in [5.41, 5.74) is 4.35. The summed E-state index contributed by atoms with van der Waals surface area (Å²) in [6.07, 6.45) is 2.81. The fourth-order valence-corrected chi connectivity index (χ4v) is 4.79. The fraction of sp³-hybridized carbons (Fsp3) is 0.231. The van der Waals surface area contributed by atoms with Crippen LogP contribution < -0.4 is 4.72 Å². The number of rotatable bonds is 9. The smallest absolute Gasteiger partial charge is 0.336 e. The van der Waals surface area contributed by atoms with E-state index in [-0.39, 0.29) is 10.5 Å². The third-order valence-electron chi connectivity index (χ3n) is 5.89. The highest BCUT2D eigenvalue weighted by Crippen LogP contribution is 2.26. The number of aromatic carboxylic acids is 1. The van der Waals surface area contributed by atoms with Gasteiger partial charge in [0.15, 0.2) is 0 Å². The van der Waals surface area contributed by atoms with E-state index in [2.05, 4.69) is 16.2 Å². The molecule has 3 aromatic carbocycles. The van der Waals surface area contributed by atoms with E-state index >= 15 is 0 Å². The van der Waals surface area contributed by atoms with Crippen LogP contribution in [-0.2, 0) is 23.0 Å². The van der Waals surface area contributed by atoms with Gasteiger partial charge in [0.25, 0.3) is 0 Å². The van der Waals surface area contributed by atoms with E-state index < -0.39 is 16.0 Å². The Morgan fingerprint density at radius 2 is 1.79 bits per heavy atom. The summed E-state index contributed by atoms with van der Waals surface area (Å²) in [5.74, 6) is -0.0408. The molecule has 0 aliphatic heterocycles. The molecular weight excluding hydrogens is 450 g/mol. The highest BCUT2D eigenvalue weighted by Gasteiger charge is 2.17. The van der Waals surface area contributed by atoms with Gasteiger partial charge in [0, 0.05) is 13.0 Å². The zero-order chi connectivity index (χ0) is 24.3. The number of carbonyl (C=O) groups is 1. The molecule has 0 saturated heterocycles. The molecule has 1 aromatic heterocycles. The van der Waals surface area contributed by atoms with Crippen LogP contribution in [-0.4, -0.2) is 36.1 Å². The van der Waals surface area contributed by atoms with Crippen LogP contribution in [0, 0.1) is 0 Å².